The largest absolute Gasteiger partial charge is 0.368 e. The van der Waals surface area contributed by atoms with Crippen molar-refractivity contribution in [3.63, 3.8) is 0 Å². The van der Waals surface area contributed by atoms with Gasteiger partial charge in [-0.3, -0.25) is 24.4 Å². The second-order valence-electron chi connectivity index (χ2n) is 9.90. The second-order valence-corrected chi connectivity index (χ2v) is 9.90. The zero-order valence-corrected chi connectivity index (χ0v) is 20.6. The number of carbonyl (C=O) groups excluding carboxylic acids is 2. The lowest BCUT2D eigenvalue weighted by Crippen LogP contribution is -2.50. The molecule has 1 aromatic carbocycles. The number of hydrogen-bond acceptors (Lipinski definition) is 6. The number of aromatic nitrogens is 1. The fraction of sp³-hybridized carbons (Fsp3) is 0.519. The van der Waals surface area contributed by atoms with Gasteiger partial charge in [0, 0.05) is 76.2 Å². The van der Waals surface area contributed by atoms with Crippen LogP contribution in [0.3, 0.4) is 0 Å². The Morgan fingerprint density at radius 2 is 1.80 bits per heavy atom. The van der Waals surface area contributed by atoms with Crippen LogP contribution in [0.25, 0.3) is 0 Å². The first kappa shape index (κ1) is 23.8. The molecule has 8 heteroatoms. The van der Waals surface area contributed by atoms with Crippen LogP contribution < -0.4 is 10.2 Å². The van der Waals surface area contributed by atoms with Gasteiger partial charge in [0.05, 0.1) is 5.69 Å². The van der Waals surface area contributed by atoms with E-state index in [2.05, 4.69) is 56.3 Å². The number of piperazine rings is 1. The van der Waals surface area contributed by atoms with Gasteiger partial charge in [0.2, 0.25) is 11.8 Å². The predicted octanol–water partition coefficient (Wildman–Crippen LogP) is 1.58. The fourth-order valence-electron chi connectivity index (χ4n) is 5.83. The van der Waals surface area contributed by atoms with Crippen LogP contribution in [0.1, 0.15) is 25.0 Å². The highest BCUT2D eigenvalue weighted by Gasteiger charge is 2.45. The lowest BCUT2D eigenvalue weighted by molar-refractivity contribution is -0.132. The molecule has 0 saturated carbocycles. The summed E-state index contributed by atoms with van der Waals surface area (Å²) < 4.78 is 0. The monoisotopic (exact) mass is 476 g/mol. The fourth-order valence-corrected chi connectivity index (χ4v) is 5.83. The van der Waals surface area contributed by atoms with E-state index in [0.717, 1.165) is 51.3 Å². The molecular formula is C27H36N6O2. The molecule has 2 amide bonds. The number of fused-ring (bicyclic) bond motifs is 1. The number of para-hydroxylation sites is 1. The van der Waals surface area contributed by atoms with E-state index in [9.17, 15) is 9.59 Å². The molecule has 0 bridgehead atoms. The van der Waals surface area contributed by atoms with E-state index in [1.165, 1.54) is 5.69 Å². The third kappa shape index (κ3) is 5.33. The Kier molecular flexibility index (Phi) is 7.29. The molecule has 1 N–H and O–H groups in total. The number of benzene rings is 1. The van der Waals surface area contributed by atoms with Crippen LogP contribution in [0.4, 0.5) is 5.69 Å². The van der Waals surface area contributed by atoms with Crippen molar-refractivity contribution in [2.45, 2.75) is 43.9 Å². The smallest absolute Gasteiger partial charge is 0.239 e. The number of pyridine rings is 1. The van der Waals surface area contributed by atoms with Crippen molar-refractivity contribution in [3.8, 4) is 0 Å². The summed E-state index contributed by atoms with van der Waals surface area (Å²) in [5.41, 5.74) is 2.21. The van der Waals surface area contributed by atoms with Crippen LogP contribution in [-0.4, -0.2) is 95.9 Å². The molecule has 4 heterocycles. The molecule has 3 aliphatic heterocycles. The Hall–Kier alpha value is -2.97. The van der Waals surface area contributed by atoms with Gasteiger partial charge in [-0.2, -0.15) is 0 Å². The average molecular weight is 477 g/mol. The highest BCUT2D eigenvalue weighted by molar-refractivity contribution is 5.83. The Morgan fingerprint density at radius 3 is 2.54 bits per heavy atom. The van der Waals surface area contributed by atoms with E-state index in [1.54, 1.807) is 6.20 Å². The van der Waals surface area contributed by atoms with Crippen LogP contribution in [0.2, 0.25) is 0 Å². The first-order chi connectivity index (χ1) is 17.1. The maximum absolute atomic E-state index is 13.0. The highest BCUT2D eigenvalue weighted by Crippen LogP contribution is 2.28. The summed E-state index contributed by atoms with van der Waals surface area (Å²) in [5.74, 6) is 0.322. The van der Waals surface area contributed by atoms with Gasteiger partial charge in [0.25, 0.3) is 0 Å². The topological polar surface area (TPSA) is 72.0 Å². The minimum Gasteiger partial charge on any atom is -0.368 e. The Bertz CT molecular complexity index is 995. The molecule has 1 aromatic heterocycles. The first-order valence-electron chi connectivity index (χ1n) is 12.8. The van der Waals surface area contributed by atoms with Gasteiger partial charge in [-0.15, -0.1) is 0 Å². The van der Waals surface area contributed by atoms with Crippen molar-refractivity contribution >= 4 is 17.5 Å². The molecule has 3 aliphatic rings. The molecule has 0 radical (unpaired) electrons. The lowest BCUT2D eigenvalue weighted by atomic mass is 10.0. The normalized spacial score (nSPS) is 25.7. The molecule has 186 valence electrons. The third-order valence-electron chi connectivity index (χ3n) is 7.89. The predicted molar refractivity (Wildman–Crippen MR) is 136 cm³/mol. The molecule has 5 rings (SSSR count). The molecule has 0 unspecified atom stereocenters. The Morgan fingerprint density at radius 1 is 1.03 bits per heavy atom. The number of nitrogens with zero attached hydrogens (tertiary/aromatic N) is 5. The van der Waals surface area contributed by atoms with Crippen LogP contribution in [-0.2, 0) is 16.1 Å². The summed E-state index contributed by atoms with van der Waals surface area (Å²) in [6.07, 6.45) is 4.04. The number of carbonyl (C=O) groups is 2. The molecule has 0 aliphatic carbocycles. The van der Waals surface area contributed by atoms with Gasteiger partial charge in [-0.25, -0.2) is 0 Å². The zero-order valence-electron chi connectivity index (χ0n) is 20.6. The van der Waals surface area contributed by atoms with Crippen molar-refractivity contribution in [1.82, 2.24) is 25.0 Å². The average Bonchev–Trinajstić information content (AvgIpc) is 3.27. The number of amides is 2. The number of anilines is 1. The van der Waals surface area contributed by atoms with Gasteiger partial charge in [-0.1, -0.05) is 24.3 Å². The Labute approximate surface area is 207 Å². The van der Waals surface area contributed by atoms with Gasteiger partial charge in [0.1, 0.15) is 6.04 Å². The number of hydrogen-bond donors (Lipinski definition) is 1. The third-order valence-corrected chi connectivity index (χ3v) is 7.89. The van der Waals surface area contributed by atoms with E-state index in [-0.39, 0.29) is 29.9 Å². The van der Waals surface area contributed by atoms with Crippen LogP contribution >= 0.6 is 0 Å². The number of rotatable bonds is 6. The summed E-state index contributed by atoms with van der Waals surface area (Å²) >= 11 is 0. The zero-order chi connectivity index (χ0) is 24.2. The summed E-state index contributed by atoms with van der Waals surface area (Å²) in [7, 11) is 2.12. The quantitative estimate of drug-likeness (QED) is 0.683. The number of nitrogens with one attached hydrogen (secondary N) is 1. The molecule has 35 heavy (non-hydrogen) atoms. The van der Waals surface area contributed by atoms with Crippen LogP contribution in [0.15, 0.2) is 54.7 Å². The van der Waals surface area contributed by atoms with E-state index < -0.39 is 0 Å². The molecule has 8 nitrogen and oxygen atoms in total. The minimum atomic E-state index is -0.172. The SMILES string of the molecule is CN1[C@@H](CCC(=O)N2CCN(c3ccccc3)CC2)CNC(=O)[C@@H]2[C@H]1CCN2Cc1ccccn1. The number of likely N-dealkylation sites (tertiary alicyclic amines) is 1. The molecule has 0 spiro atoms. The van der Waals surface area contributed by atoms with Crippen molar-refractivity contribution in [3.05, 3.63) is 60.4 Å². The molecule has 3 fully saturated rings. The standard InChI is InChI=1S/C27H36N6O2/c1-30-23(10-11-25(34)32-17-15-31(16-18-32)22-8-3-2-4-9-22)19-29-27(35)26-24(30)12-14-33(26)20-21-7-5-6-13-28-21/h2-9,13,23-24,26H,10-12,14-20H2,1H3,(H,29,35)/t23-,24+,26-/m0/s1. The molecule has 3 atom stereocenters. The maximum atomic E-state index is 13.0. The van der Waals surface area contributed by atoms with Crippen molar-refractivity contribution in [2.75, 3.05) is 51.2 Å². The Balaban J connectivity index is 1.14. The lowest BCUT2D eigenvalue weighted by Gasteiger charge is -2.37. The van der Waals surface area contributed by atoms with Crippen LogP contribution in [0, 0.1) is 0 Å². The summed E-state index contributed by atoms with van der Waals surface area (Å²) in [6, 6.07) is 16.5. The molecular weight excluding hydrogens is 440 g/mol. The van der Waals surface area contributed by atoms with E-state index in [0.29, 0.717) is 19.5 Å². The van der Waals surface area contributed by atoms with E-state index in [1.807, 2.05) is 29.2 Å². The van der Waals surface area contributed by atoms with Gasteiger partial charge < -0.3 is 15.1 Å². The summed E-state index contributed by atoms with van der Waals surface area (Å²) in [4.78, 5) is 39.4. The summed E-state index contributed by atoms with van der Waals surface area (Å²) in [5, 5.41) is 3.17. The van der Waals surface area contributed by atoms with Crippen LogP contribution in [0.5, 0.6) is 0 Å². The number of likely N-dealkylation sites (N-methyl/N-ethyl adjacent to an activating group) is 1. The van der Waals surface area contributed by atoms with Crippen molar-refractivity contribution < 1.29 is 9.59 Å². The maximum Gasteiger partial charge on any atom is 0.239 e. The molecule has 3 saturated heterocycles. The van der Waals surface area contributed by atoms with Gasteiger partial charge in [-0.05, 0) is 44.2 Å². The van der Waals surface area contributed by atoms with Gasteiger partial charge in [0.15, 0.2) is 0 Å². The highest BCUT2D eigenvalue weighted by atomic mass is 16.2. The van der Waals surface area contributed by atoms with Gasteiger partial charge >= 0.3 is 0 Å². The summed E-state index contributed by atoms with van der Waals surface area (Å²) in [6.45, 7) is 5.41. The van der Waals surface area contributed by atoms with E-state index in [4.69, 9.17) is 0 Å². The first-order valence-corrected chi connectivity index (χ1v) is 12.8. The second kappa shape index (κ2) is 10.7. The van der Waals surface area contributed by atoms with Crippen molar-refractivity contribution in [2.24, 2.45) is 0 Å². The molecule has 2 aromatic rings. The minimum absolute atomic E-state index is 0.0983. The van der Waals surface area contributed by atoms with E-state index >= 15 is 0 Å². The van der Waals surface area contributed by atoms with Crippen molar-refractivity contribution in [1.29, 1.82) is 0 Å².